The van der Waals surface area contributed by atoms with E-state index in [1.54, 1.807) is 20.1 Å². The van der Waals surface area contributed by atoms with E-state index in [1.807, 2.05) is 12.1 Å². The lowest BCUT2D eigenvalue weighted by Crippen LogP contribution is -2.36. The molecule has 0 aromatic heterocycles. The van der Waals surface area contributed by atoms with Crippen molar-refractivity contribution in [3.8, 4) is 11.5 Å². The predicted molar refractivity (Wildman–Crippen MR) is 65.6 cm³/mol. The topological polar surface area (TPSA) is 70.8 Å². The molecule has 0 spiro atoms. The van der Waals surface area contributed by atoms with Gasteiger partial charge in [-0.15, -0.1) is 0 Å². The summed E-state index contributed by atoms with van der Waals surface area (Å²) in [6.07, 6.45) is -0.211. The van der Waals surface area contributed by atoms with Gasteiger partial charge >= 0.3 is 5.97 Å². The van der Waals surface area contributed by atoms with E-state index in [1.165, 1.54) is 0 Å². The minimum atomic E-state index is -0.639. The maximum atomic E-state index is 11.7. The van der Waals surface area contributed by atoms with E-state index < -0.39 is 6.10 Å². The van der Waals surface area contributed by atoms with Crippen LogP contribution in [0.4, 0.5) is 0 Å². The van der Waals surface area contributed by atoms with Crippen LogP contribution in [0.25, 0.3) is 0 Å². The Kier molecular flexibility index (Phi) is 3.72. The van der Waals surface area contributed by atoms with Crippen molar-refractivity contribution in [3.63, 3.8) is 0 Å². The monoisotopic (exact) mass is 251 g/mol. The first-order chi connectivity index (χ1) is 8.65. The van der Waals surface area contributed by atoms with Crippen LogP contribution >= 0.6 is 0 Å². The first-order valence-corrected chi connectivity index (χ1v) is 5.92. The molecule has 5 heteroatoms. The first-order valence-electron chi connectivity index (χ1n) is 5.92. The third-order valence-electron chi connectivity index (χ3n) is 2.91. The molecule has 2 atom stereocenters. The molecule has 5 nitrogen and oxygen atoms in total. The van der Waals surface area contributed by atoms with Gasteiger partial charge in [-0.1, -0.05) is 6.07 Å². The Morgan fingerprint density at radius 3 is 3.00 bits per heavy atom. The van der Waals surface area contributed by atoms with Crippen molar-refractivity contribution in [2.45, 2.75) is 25.5 Å². The molecule has 0 unspecified atom stereocenters. The Morgan fingerprint density at radius 2 is 2.33 bits per heavy atom. The summed E-state index contributed by atoms with van der Waals surface area (Å²) in [4.78, 5) is 11.7. The number of hydrogen-bond acceptors (Lipinski definition) is 5. The van der Waals surface area contributed by atoms with Crippen molar-refractivity contribution in [2.75, 3.05) is 13.7 Å². The van der Waals surface area contributed by atoms with Crippen LogP contribution in [0, 0.1) is 0 Å². The van der Waals surface area contributed by atoms with Crippen LogP contribution in [0.5, 0.6) is 11.5 Å². The standard InChI is InChI=1S/C13H17NO4/c1-3-17-13(15)12-7-10(14)9-5-4-8(16-2)6-11(9)18-12/h4-6,10,12H,3,7,14H2,1-2H3/t10-,12+/m1/s1. The van der Waals surface area contributed by atoms with E-state index in [2.05, 4.69) is 0 Å². The van der Waals surface area contributed by atoms with E-state index >= 15 is 0 Å². The lowest BCUT2D eigenvalue weighted by Gasteiger charge is -2.29. The summed E-state index contributed by atoms with van der Waals surface area (Å²) in [5.74, 6) is 0.887. The average molecular weight is 251 g/mol. The maximum Gasteiger partial charge on any atom is 0.347 e. The molecule has 0 saturated carbocycles. The Bertz CT molecular complexity index is 447. The fourth-order valence-electron chi connectivity index (χ4n) is 1.99. The van der Waals surface area contributed by atoms with Crippen molar-refractivity contribution in [3.05, 3.63) is 23.8 Å². The highest BCUT2D eigenvalue weighted by Crippen LogP contribution is 2.36. The number of rotatable bonds is 3. The van der Waals surface area contributed by atoms with Gasteiger partial charge in [0.15, 0.2) is 6.10 Å². The first kappa shape index (κ1) is 12.7. The van der Waals surface area contributed by atoms with E-state index in [9.17, 15) is 4.79 Å². The SMILES string of the molecule is CCOC(=O)[C@@H]1C[C@@H](N)c2ccc(OC)cc2O1. The predicted octanol–water partition coefficient (Wildman–Crippen LogP) is 1.41. The van der Waals surface area contributed by atoms with Crippen LogP contribution < -0.4 is 15.2 Å². The van der Waals surface area contributed by atoms with Crippen LogP contribution in [-0.4, -0.2) is 25.8 Å². The van der Waals surface area contributed by atoms with Gasteiger partial charge in [-0.3, -0.25) is 0 Å². The zero-order chi connectivity index (χ0) is 13.1. The van der Waals surface area contributed by atoms with Gasteiger partial charge in [0.25, 0.3) is 0 Å². The lowest BCUT2D eigenvalue weighted by atomic mass is 9.97. The van der Waals surface area contributed by atoms with Crippen molar-refractivity contribution < 1.29 is 19.0 Å². The Morgan fingerprint density at radius 1 is 1.56 bits per heavy atom. The number of ether oxygens (including phenoxy) is 3. The van der Waals surface area contributed by atoms with Crippen LogP contribution in [0.15, 0.2) is 18.2 Å². The second kappa shape index (κ2) is 5.27. The van der Waals surface area contributed by atoms with E-state index in [0.717, 1.165) is 5.56 Å². The van der Waals surface area contributed by atoms with Gasteiger partial charge in [-0.05, 0) is 13.0 Å². The van der Waals surface area contributed by atoms with Crippen LogP contribution in [0.2, 0.25) is 0 Å². The Labute approximate surface area is 106 Å². The largest absolute Gasteiger partial charge is 0.497 e. The molecule has 0 saturated heterocycles. The van der Waals surface area contributed by atoms with Gasteiger partial charge in [-0.2, -0.15) is 0 Å². The van der Waals surface area contributed by atoms with Crippen LogP contribution in [0.1, 0.15) is 24.9 Å². The third-order valence-corrected chi connectivity index (χ3v) is 2.91. The number of hydrogen-bond donors (Lipinski definition) is 1. The zero-order valence-corrected chi connectivity index (χ0v) is 10.5. The smallest absolute Gasteiger partial charge is 0.347 e. The fourth-order valence-corrected chi connectivity index (χ4v) is 1.99. The molecule has 1 aromatic rings. The molecule has 0 aliphatic carbocycles. The second-order valence-electron chi connectivity index (χ2n) is 4.10. The quantitative estimate of drug-likeness (QED) is 0.822. The number of carbonyl (C=O) groups is 1. The number of esters is 1. The summed E-state index contributed by atoms with van der Waals surface area (Å²) in [5, 5.41) is 0. The van der Waals surface area contributed by atoms with Gasteiger partial charge in [0, 0.05) is 24.1 Å². The molecular formula is C13H17NO4. The Balaban J connectivity index is 2.23. The number of methoxy groups -OCH3 is 1. The molecule has 98 valence electrons. The minimum absolute atomic E-state index is 0.228. The highest BCUT2D eigenvalue weighted by molar-refractivity contribution is 5.75. The highest BCUT2D eigenvalue weighted by atomic mass is 16.6. The zero-order valence-electron chi connectivity index (χ0n) is 10.5. The number of benzene rings is 1. The second-order valence-corrected chi connectivity index (χ2v) is 4.10. The van der Waals surface area contributed by atoms with Crippen LogP contribution in [0.3, 0.4) is 0 Å². The van der Waals surface area contributed by atoms with E-state index in [4.69, 9.17) is 19.9 Å². The minimum Gasteiger partial charge on any atom is -0.497 e. The molecule has 1 aliphatic heterocycles. The Hall–Kier alpha value is -1.75. The summed E-state index contributed by atoms with van der Waals surface area (Å²) in [6.45, 7) is 2.09. The molecule has 1 aromatic carbocycles. The normalized spacial score (nSPS) is 21.7. The summed E-state index contributed by atoms with van der Waals surface area (Å²) in [5.41, 5.74) is 6.92. The van der Waals surface area contributed by atoms with Crippen LogP contribution in [-0.2, 0) is 9.53 Å². The molecule has 0 amide bonds. The maximum absolute atomic E-state index is 11.7. The summed E-state index contributed by atoms with van der Waals surface area (Å²) >= 11 is 0. The lowest BCUT2D eigenvalue weighted by molar-refractivity contribution is -0.152. The molecule has 2 N–H and O–H groups in total. The summed E-state index contributed by atoms with van der Waals surface area (Å²) in [6, 6.07) is 5.20. The highest BCUT2D eigenvalue weighted by Gasteiger charge is 2.32. The van der Waals surface area contributed by atoms with Gasteiger partial charge in [0.05, 0.1) is 13.7 Å². The fraction of sp³-hybridized carbons (Fsp3) is 0.462. The molecule has 1 aliphatic rings. The summed E-state index contributed by atoms with van der Waals surface area (Å²) < 4.78 is 15.7. The molecule has 2 rings (SSSR count). The summed E-state index contributed by atoms with van der Waals surface area (Å²) in [7, 11) is 1.58. The van der Waals surface area contributed by atoms with E-state index in [0.29, 0.717) is 24.5 Å². The number of fused-ring (bicyclic) bond motifs is 1. The molecule has 1 heterocycles. The van der Waals surface area contributed by atoms with Gasteiger partial charge < -0.3 is 19.9 Å². The molecule has 0 bridgehead atoms. The number of nitrogens with two attached hydrogens (primary N) is 1. The molecule has 18 heavy (non-hydrogen) atoms. The van der Waals surface area contributed by atoms with Crippen molar-refractivity contribution in [2.24, 2.45) is 5.73 Å². The van der Waals surface area contributed by atoms with Crippen molar-refractivity contribution >= 4 is 5.97 Å². The van der Waals surface area contributed by atoms with Gasteiger partial charge in [0.2, 0.25) is 0 Å². The van der Waals surface area contributed by atoms with Gasteiger partial charge in [0.1, 0.15) is 11.5 Å². The molecular weight excluding hydrogens is 234 g/mol. The van der Waals surface area contributed by atoms with Gasteiger partial charge in [-0.25, -0.2) is 4.79 Å². The average Bonchev–Trinajstić information content (AvgIpc) is 2.38. The molecule has 0 radical (unpaired) electrons. The van der Waals surface area contributed by atoms with Crippen molar-refractivity contribution in [1.29, 1.82) is 0 Å². The number of carbonyl (C=O) groups excluding carboxylic acids is 1. The third kappa shape index (κ3) is 2.41. The van der Waals surface area contributed by atoms with E-state index in [-0.39, 0.29) is 12.0 Å². The molecule has 0 fully saturated rings. The van der Waals surface area contributed by atoms with Crippen molar-refractivity contribution in [1.82, 2.24) is 0 Å².